The Kier molecular flexibility index (Phi) is 6.12. The number of hydrogen-bond acceptors (Lipinski definition) is 3. The van der Waals surface area contributed by atoms with Crippen LogP contribution in [0.4, 0.5) is 0 Å². The molecular formula is C11H13Cl2NO2S. The van der Waals surface area contributed by atoms with Crippen LogP contribution in [0.2, 0.25) is 10.0 Å². The van der Waals surface area contributed by atoms with Gasteiger partial charge in [-0.25, -0.2) is 0 Å². The van der Waals surface area contributed by atoms with Crippen LogP contribution in [-0.2, 0) is 4.79 Å². The Morgan fingerprint density at radius 2 is 2.24 bits per heavy atom. The lowest BCUT2D eigenvalue weighted by Crippen LogP contribution is -2.35. The van der Waals surface area contributed by atoms with Gasteiger partial charge < -0.3 is 10.4 Å². The second-order valence-electron chi connectivity index (χ2n) is 3.44. The van der Waals surface area contributed by atoms with Gasteiger partial charge in [-0.1, -0.05) is 23.2 Å². The van der Waals surface area contributed by atoms with Crippen molar-refractivity contribution in [1.82, 2.24) is 5.32 Å². The molecule has 0 bridgehead atoms. The number of aliphatic carboxylic acids is 1. The van der Waals surface area contributed by atoms with Gasteiger partial charge in [0.15, 0.2) is 0 Å². The van der Waals surface area contributed by atoms with Gasteiger partial charge in [0.05, 0.1) is 5.02 Å². The predicted octanol–water partition coefficient (Wildman–Crippen LogP) is 3.15. The van der Waals surface area contributed by atoms with E-state index in [1.165, 1.54) is 0 Å². The first-order valence-electron chi connectivity index (χ1n) is 5.04. The van der Waals surface area contributed by atoms with Crippen molar-refractivity contribution in [2.75, 3.05) is 12.3 Å². The van der Waals surface area contributed by atoms with Gasteiger partial charge >= 0.3 is 5.97 Å². The molecule has 0 saturated heterocycles. The lowest BCUT2D eigenvalue weighted by atomic mass is 10.3. The maximum atomic E-state index is 10.6. The van der Waals surface area contributed by atoms with Crippen molar-refractivity contribution in [2.24, 2.45) is 0 Å². The van der Waals surface area contributed by atoms with Crippen molar-refractivity contribution in [1.29, 1.82) is 0 Å². The zero-order valence-corrected chi connectivity index (χ0v) is 11.6. The molecule has 0 spiro atoms. The lowest BCUT2D eigenvalue weighted by Gasteiger charge is -2.09. The van der Waals surface area contributed by atoms with E-state index in [9.17, 15) is 4.79 Å². The first-order valence-corrected chi connectivity index (χ1v) is 6.79. The van der Waals surface area contributed by atoms with Crippen molar-refractivity contribution in [3.8, 4) is 0 Å². The van der Waals surface area contributed by atoms with Crippen LogP contribution in [0.25, 0.3) is 0 Å². The lowest BCUT2D eigenvalue weighted by molar-refractivity contribution is -0.138. The molecule has 1 atom stereocenters. The molecule has 17 heavy (non-hydrogen) atoms. The zero-order valence-electron chi connectivity index (χ0n) is 9.24. The third kappa shape index (κ3) is 5.17. The van der Waals surface area contributed by atoms with Crippen molar-refractivity contribution in [2.45, 2.75) is 17.9 Å². The van der Waals surface area contributed by atoms with Gasteiger partial charge in [-0.2, -0.15) is 0 Å². The summed E-state index contributed by atoms with van der Waals surface area (Å²) >= 11 is 13.4. The molecule has 1 rings (SSSR count). The van der Waals surface area contributed by atoms with Gasteiger partial charge in [0, 0.05) is 22.2 Å². The fourth-order valence-corrected chi connectivity index (χ4v) is 2.49. The van der Waals surface area contributed by atoms with Crippen LogP contribution < -0.4 is 5.32 Å². The van der Waals surface area contributed by atoms with Gasteiger partial charge in [-0.3, -0.25) is 4.79 Å². The molecule has 0 heterocycles. The molecule has 0 unspecified atom stereocenters. The van der Waals surface area contributed by atoms with Crippen molar-refractivity contribution in [3.05, 3.63) is 28.2 Å². The number of hydrogen-bond donors (Lipinski definition) is 2. The number of benzene rings is 1. The minimum absolute atomic E-state index is 0.537. The number of carboxylic acid groups (broad SMARTS) is 1. The summed E-state index contributed by atoms with van der Waals surface area (Å²) in [6.45, 7) is 2.21. The van der Waals surface area contributed by atoms with Gasteiger partial charge in [0.2, 0.25) is 0 Å². The standard InChI is InChI=1S/C11H13Cl2NO2S/c1-7(11(15)16)14-4-5-17-10-6-8(12)2-3-9(10)13/h2-3,6-7,14H,4-5H2,1H3,(H,15,16)/t7-/m0/s1. The molecule has 0 amide bonds. The van der Waals surface area contributed by atoms with Crippen LogP contribution in [0.3, 0.4) is 0 Å². The highest BCUT2D eigenvalue weighted by molar-refractivity contribution is 7.99. The molecule has 0 aliphatic heterocycles. The first kappa shape index (κ1) is 14.6. The van der Waals surface area contributed by atoms with Crippen molar-refractivity contribution >= 4 is 40.9 Å². The van der Waals surface area contributed by atoms with Gasteiger partial charge in [0.1, 0.15) is 6.04 Å². The maximum Gasteiger partial charge on any atom is 0.320 e. The SMILES string of the molecule is C[C@H](NCCSc1cc(Cl)ccc1Cl)C(=O)O. The van der Waals surface area contributed by atoms with E-state index in [0.29, 0.717) is 16.6 Å². The van der Waals surface area contributed by atoms with Crippen LogP contribution in [-0.4, -0.2) is 29.4 Å². The molecule has 2 N–H and O–H groups in total. The van der Waals surface area contributed by atoms with E-state index in [1.807, 2.05) is 0 Å². The normalized spacial score (nSPS) is 12.4. The average Bonchev–Trinajstić information content (AvgIpc) is 2.28. The predicted molar refractivity (Wildman–Crippen MR) is 72.3 cm³/mol. The molecule has 94 valence electrons. The Morgan fingerprint density at radius 3 is 2.88 bits per heavy atom. The number of carbonyl (C=O) groups is 1. The van der Waals surface area contributed by atoms with E-state index in [1.54, 1.807) is 36.9 Å². The number of carboxylic acids is 1. The van der Waals surface area contributed by atoms with E-state index in [-0.39, 0.29) is 0 Å². The van der Waals surface area contributed by atoms with Gasteiger partial charge in [0.25, 0.3) is 0 Å². The number of thioether (sulfide) groups is 1. The summed E-state index contributed by atoms with van der Waals surface area (Å²) in [6.07, 6.45) is 0. The van der Waals surface area contributed by atoms with E-state index in [0.717, 1.165) is 10.6 Å². The first-order chi connectivity index (χ1) is 8.00. The van der Waals surface area contributed by atoms with E-state index in [4.69, 9.17) is 28.3 Å². The number of halogens is 2. The fraction of sp³-hybridized carbons (Fsp3) is 0.364. The van der Waals surface area contributed by atoms with Crippen molar-refractivity contribution in [3.63, 3.8) is 0 Å². The van der Waals surface area contributed by atoms with Gasteiger partial charge in [-0.05, 0) is 25.1 Å². The highest BCUT2D eigenvalue weighted by atomic mass is 35.5. The Balaban J connectivity index is 2.36. The largest absolute Gasteiger partial charge is 0.480 e. The quantitative estimate of drug-likeness (QED) is 0.625. The smallest absolute Gasteiger partial charge is 0.320 e. The van der Waals surface area contributed by atoms with Crippen LogP contribution in [0.15, 0.2) is 23.1 Å². The van der Waals surface area contributed by atoms with Crippen molar-refractivity contribution < 1.29 is 9.90 Å². The highest BCUT2D eigenvalue weighted by Crippen LogP contribution is 2.29. The zero-order chi connectivity index (χ0) is 12.8. The maximum absolute atomic E-state index is 10.6. The molecule has 6 heteroatoms. The summed E-state index contributed by atoms with van der Waals surface area (Å²) in [6, 6.07) is 4.75. The summed E-state index contributed by atoms with van der Waals surface area (Å²) < 4.78 is 0. The average molecular weight is 294 g/mol. The molecule has 0 aliphatic carbocycles. The summed E-state index contributed by atoms with van der Waals surface area (Å²) in [5, 5.41) is 12.9. The number of rotatable bonds is 6. The molecule has 0 aliphatic rings. The minimum atomic E-state index is -0.851. The van der Waals surface area contributed by atoms with Crippen LogP contribution in [0.1, 0.15) is 6.92 Å². The van der Waals surface area contributed by atoms with Crippen LogP contribution in [0, 0.1) is 0 Å². The summed E-state index contributed by atoms with van der Waals surface area (Å²) in [4.78, 5) is 11.5. The molecule has 0 saturated carbocycles. The molecule has 3 nitrogen and oxygen atoms in total. The Labute approximate surface area is 114 Å². The second kappa shape index (κ2) is 7.11. The molecular weight excluding hydrogens is 281 g/mol. The molecule has 1 aromatic carbocycles. The summed E-state index contributed by atoms with van der Waals surface area (Å²) in [5.74, 6) is -0.117. The Morgan fingerprint density at radius 1 is 1.53 bits per heavy atom. The van der Waals surface area contributed by atoms with Crippen LogP contribution >= 0.6 is 35.0 Å². The van der Waals surface area contributed by atoms with Crippen LogP contribution in [0.5, 0.6) is 0 Å². The number of nitrogens with one attached hydrogen (secondary N) is 1. The Bertz CT molecular complexity index is 401. The topological polar surface area (TPSA) is 49.3 Å². The van der Waals surface area contributed by atoms with Gasteiger partial charge in [-0.15, -0.1) is 11.8 Å². The van der Waals surface area contributed by atoms with E-state index >= 15 is 0 Å². The Hall–Kier alpha value is -0.420. The highest BCUT2D eigenvalue weighted by Gasteiger charge is 2.09. The third-order valence-electron chi connectivity index (χ3n) is 2.07. The molecule has 1 aromatic rings. The summed E-state index contributed by atoms with van der Waals surface area (Å²) in [5.41, 5.74) is 0. The molecule has 0 radical (unpaired) electrons. The summed E-state index contributed by atoms with van der Waals surface area (Å²) in [7, 11) is 0. The monoisotopic (exact) mass is 293 g/mol. The molecule has 0 aromatic heterocycles. The second-order valence-corrected chi connectivity index (χ2v) is 5.42. The third-order valence-corrected chi connectivity index (χ3v) is 3.81. The minimum Gasteiger partial charge on any atom is -0.480 e. The van der Waals surface area contributed by atoms with E-state index < -0.39 is 12.0 Å². The molecule has 0 fully saturated rings. The van der Waals surface area contributed by atoms with E-state index in [2.05, 4.69) is 5.32 Å². The fourth-order valence-electron chi connectivity index (χ4n) is 1.11.